The van der Waals surface area contributed by atoms with Crippen LogP contribution in [0.5, 0.6) is 0 Å². The van der Waals surface area contributed by atoms with Crippen LogP contribution in [0.2, 0.25) is 0 Å². The number of carbonyl (C=O) groups is 1. The van der Waals surface area contributed by atoms with Crippen LogP contribution in [0.25, 0.3) is 0 Å². The van der Waals surface area contributed by atoms with Crippen LogP contribution in [0.15, 0.2) is 46.9 Å². The molecule has 1 amide bonds. The summed E-state index contributed by atoms with van der Waals surface area (Å²) in [5.74, 6) is -0.898. The van der Waals surface area contributed by atoms with Crippen LogP contribution < -0.4 is 10.2 Å². The number of hydrogen-bond acceptors (Lipinski definition) is 1. The van der Waals surface area contributed by atoms with Gasteiger partial charge in [0, 0.05) is 16.6 Å². The van der Waals surface area contributed by atoms with E-state index < -0.39 is 5.82 Å². The Morgan fingerprint density at radius 2 is 1.80 bits per heavy atom. The predicted octanol–water partition coefficient (Wildman–Crippen LogP) is 3.09. The summed E-state index contributed by atoms with van der Waals surface area (Å²) in [5, 5.41) is 2.85. The minimum Gasteiger partial charge on any atom is -0.348 e. The van der Waals surface area contributed by atoms with Crippen molar-refractivity contribution in [1.82, 2.24) is 5.32 Å². The van der Waals surface area contributed by atoms with E-state index in [-0.39, 0.29) is 11.5 Å². The van der Waals surface area contributed by atoms with Gasteiger partial charge >= 0.3 is 0 Å². The molecular formula is C20H23BrFN2O+. The van der Waals surface area contributed by atoms with E-state index in [0.29, 0.717) is 11.0 Å². The smallest absolute Gasteiger partial charge is 0.254 e. The lowest BCUT2D eigenvalue weighted by Gasteiger charge is -2.24. The third-order valence-electron chi connectivity index (χ3n) is 4.73. The molecule has 0 spiro atoms. The fraction of sp³-hybridized carbons (Fsp3) is 0.350. The number of nitrogens with one attached hydrogen (secondary N) is 2. The normalized spacial score (nSPS) is 15.1. The lowest BCUT2D eigenvalue weighted by atomic mass is 10.0. The second-order valence-electron chi connectivity index (χ2n) is 6.56. The van der Waals surface area contributed by atoms with Crippen LogP contribution in [0.3, 0.4) is 0 Å². The maximum Gasteiger partial charge on any atom is 0.254 e. The minimum absolute atomic E-state index is 0.0634. The van der Waals surface area contributed by atoms with E-state index in [1.807, 2.05) is 18.2 Å². The van der Waals surface area contributed by atoms with Crippen LogP contribution in [-0.4, -0.2) is 19.0 Å². The zero-order valence-corrected chi connectivity index (χ0v) is 15.7. The second-order valence-corrected chi connectivity index (χ2v) is 7.48. The number of piperidine rings is 1. The van der Waals surface area contributed by atoms with Gasteiger partial charge in [-0.3, -0.25) is 4.79 Å². The maximum absolute atomic E-state index is 13.8. The Kier molecular flexibility index (Phi) is 6.21. The molecule has 25 heavy (non-hydrogen) atoms. The molecule has 1 heterocycles. The zero-order chi connectivity index (χ0) is 17.6. The number of amides is 1. The summed E-state index contributed by atoms with van der Waals surface area (Å²) in [7, 11) is 0. The van der Waals surface area contributed by atoms with Crippen molar-refractivity contribution in [2.45, 2.75) is 32.4 Å². The highest BCUT2D eigenvalue weighted by molar-refractivity contribution is 9.10. The molecule has 1 aliphatic rings. The van der Waals surface area contributed by atoms with Gasteiger partial charge in [0.1, 0.15) is 12.4 Å². The zero-order valence-electron chi connectivity index (χ0n) is 14.2. The van der Waals surface area contributed by atoms with Gasteiger partial charge in [0.2, 0.25) is 0 Å². The van der Waals surface area contributed by atoms with Crippen LogP contribution in [0.4, 0.5) is 4.39 Å². The number of benzene rings is 2. The number of likely N-dealkylation sites (tertiary alicyclic amines) is 1. The number of carbonyl (C=O) groups excluding carboxylic acids is 1. The van der Waals surface area contributed by atoms with Crippen molar-refractivity contribution in [3.05, 3.63) is 69.4 Å². The molecule has 0 aromatic heterocycles. The second kappa shape index (κ2) is 8.59. The van der Waals surface area contributed by atoms with Crippen molar-refractivity contribution < 1.29 is 14.1 Å². The van der Waals surface area contributed by atoms with E-state index in [1.165, 1.54) is 50.0 Å². The molecule has 1 saturated heterocycles. The molecule has 0 atom stereocenters. The van der Waals surface area contributed by atoms with Gasteiger partial charge < -0.3 is 10.2 Å². The van der Waals surface area contributed by atoms with Gasteiger partial charge in [0.15, 0.2) is 0 Å². The Labute approximate surface area is 156 Å². The number of quaternary nitrogens is 1. The Morgan fingerprint density at radius 3 is 2.56 bits per heavy atom. The Bertz CT molecular complexity index is 744. The summed E-state index contributed by atoms with van der Waals surface area (Å²) >= 11 is 3.28. The maximum atomic E-state index is 13.8. The van der Waals surface area contributed by atoms with Crippen LogP contribution in [0.1, 0.15) is 40.7 Å². The molecule has 0 radical (unpaired) electrons. The molecule has 2 N–H and O–H groups in total. The highest BCUT2D eigenvalue weighted by Crippen LogP contribution is 2.16. The molecule has 0 bridgehead atoms. The lowest BCUT2D eigenvalue weighted by molar-refractivity contribution is -0.918. The van der Waals surface area contributed by atoms with E-state index >= 15 is 0 Å². The van der Waals surface area contributed by atoms with E-state index in [1.54, 1.807) is 11.0 Å². The quantitative estimate of drug-likeness (QED) is 0.787. The lowest BCUT2D eigenvalue weighted by Crippen LogP contribution is -3.11. The molecule has 3 rings (SSSR count). The molecule has 2 aromatic rings. The fourth-order valence-corrected chi connectivity index (χ4v) is 3.70. The van der Waals surface area contributed by atoms with Crippen LogP contribution >= 0.6 is 15.9 Å². The van der Waals surface area contributed by atoms with Crippen molar-refractivity contribution in [2.24, 2.45) is 0 Å². The summed E-state index contributed by atoms with van der Waals surface area (Å²) in [5.41, 5.74) is 2.42. The summed E-state index contributed by atoms with van der Waals surface area (Å²) in [6, 6.07) is 12.6. The first kappa shape index (κ1) is 18.1. The van der Waals surface area contributed by atoms with Crippen molar-refractivity contribution in [2.75, 3.05) is 13.1 Å². The molecule has 1 aliphatic heterocycles. The topological polar surface area (TPSA) is 33.5 Å². The average Bonchev–Trinajstić information content (AvgIpc) is 2.63. The first-order valence-corrected chi connectivity index (χ1v) is 9.56. The van der Waals surface area contributed by atoms with Gasteiger partial charge in [-0.1, -0.05) is 40.2 Å². The van der Waals surface area contributed by atoms with Gasteiger partial charge in [-0.15, -0.1) is 0 Å². The fourth-order valence-electron chi connectivity index (χ4n) is 3.34. The third-order valence-corrected chi connectivity index (χ3v) is 5.23. The van der Waals surface area contributed by atoms with E-state index in [2.05, 4.69) is 27.3 Å². The largest absolute Gasteiger partial charge is 0.348 e. The molecule has 132 valence electrons. The Balaban J connectivity index is 1.66. The SMILES string of the molecule is O=C(NCc1ccccc1C[NH+]1CCCCC1)c1cc(Br)ccc1F. The average molecular weight is 406 g/mol. The Morgan fingerprint density at radius 1 is 1.08 bits per heavy atom. The molecular weight excluding hydrogens is 383 g/mol. The first-order chi connectivity index (χ1) is 12.1. The van der Waals surface area contributed by atoms with Crippen molar-refractivity contribution in [3.63, 3.8) is 0 Å². The van der Waals surface area contributed by atoms with Gasteiger partial charge in [-0.25, -0.2) is 4.39 Å². The third kappa shape index (κ3) is 4.89. The van der Waals surface area contributed by atoms with Crippen LogP contribution in [-0.2, 0) is 13.1 Å². The highest BCUT2D eigenvalue weighted by atomic mass is 79.9. The molecule has 2 aromatic carbocycles. The van der Waals surface area contributed by atoms with Gasteiger partial charge in [0.25, 0.3) is 5.91 Å². The molecule has 0 unspecified atom stereocenters. The van der Waals surface area contributed by atoms with Crippen LogP contribution in [0, 0.1) is 5.82 Å². The summed E-state index contributed by atoms with van der Waals surface area (Å²) in [6.07, 6.45) is 3.91. The Hall–Kier alpha value is -1.72. The number of hydrogen-bond donors (Lipinski definition) is 2. The van der Waals surface area contributed by atoms with E-state index in [0.717, 1.165) is 12.1 Å². The molecule has 5 heteroatoms. The number of rotatable bonds is 5. The van der Waals surface area contributed by atoms with Gasteiger partial charge in [0.05, 0.1) is 18.7 Å². The molecule has 0 saturated carbocycles. The molecule has 1 fully saturated rings. The van der Waals surface area contributed by atoms with Crippen molar-refractivity contribution >= 4 is 21.8 Å². The monoisotopic (exact) mass is 405 g/mol. The summed E-state index contributed by atoms with van der Waals surface area (Å²) in [4.78, 5) is 13.9. The summed E-state index contributed by atoms with van der Waals surface area (Å²) < 4.78 is 14.5. The van der Waals surface area contributed by atoms with Crippen molar-refractivity contribution in [3.8, 4) is 0 Å². The summed E-state index contributed by atoms with van der Waals surface area (Å²) in [6.45, 7) is 3.82. The van der Waals surface area contributed by atoms with E-state index in [9.17, 15) is 9.18 Å². The molecule has 3 nitrogen and oxygen atoms in total. The number of halogens is 2. The molecule has 0 aliphatic carbocycles. The highest BCUT2D eigenvalue weighted by Gasteiger charge is 2.17. The minimum atomic E-state index is -0.508. The standard InChI is InChI=1S/C20H22BrFN2O/c21-17-8-9-19(22)18(12-17)20(25)23-13-15-6-2-3-7-16(15)14-24-10-4-1-5-11-24/h2-3,6-9,12H,1,4-5,10-11,13-14H2,(H,23,25)/p+1. The van der Waals surface area contributed by atoms with Gasteiger partial charge in [-0.2, -0.15) is 0 Å². The van der Waals surface area contributed by atoms with E-state index in [4.69, 9.17) is 0 Å². The van der Waals surface area contributed by atoms with Crippen molar-refractivity contribution in [1.29, 1.82) is 0 Å². The van der Waals surface area contributed by atoms with Gasteiger partial charge in [-0.05, 0) is 43.0 Å². The predicted molar refractivity (Wildman–Crippen MR) is 100.0 cm³/mol. The first-order valence-electron chi connectivity index (χ1n) is 8.77.